The van der Waals surface area contributed by atoms with E-state index in [1.165, 1.54) is 4.88 Å². The van der Waals surface area contributed by atoms with E-state index >= 15 is 0 Å². The molecule has 2 rings (SSSR count). The molecule has 0 spiro atoms. The summed E-state index contributed by atoms with van der Waals surface area (Å²) in [5.41, 5.74) is 1.06. The first-order valence-electron chi connectivity index (χ1n) is 8.05. The van der Waals surface area contributed by atoms with E-state index in [9.17, 15) is 0 Å². The molecule has 0 saturated heterocycles. The minimum Gasteiger partial charge on any atom is -0.408 e. The van der Waals surface area contributed by atoms with E-state index in [1.807, 2.05) is 30.3 Å². The predicted molar refractivity (Wildman–Crippen MR) is 103 cm³/mol. The molecule has 1 atom stereocenters. The summed E-state index contributed by atoms with van der Waals surface area (Å²) in [6.45, 7) is 11.4. The second kappa shape index (κ2) is 7.48. The van der Waals surface area contributed by atoms with Gasteiger partial charge in [0.1, 0.15) is 0 Å². The van der Waals surface area contributed by atoms with Crippen molar-refractivity contribution in [3.63, 3.8) is 0 Å². The molecule has 23 heavy (non-hydrogen) atoms. The van der Waals surface area contributed by atoms with Gasteiger partial charge in [0, 0.05) is 16.9 Å². The van der Waals surface area contributed by atoms with Crippen molar-refractivity contribution in [2.75, 3.05) is 0 Å². The Kier molecular flexibility index (Phi) is 5.86. The largest absolute Gasteiger partial charge is 0.408 e. The minimum atomic E-state index is -1.81. The zero-order valence-electron chi connectivity index (χ0n) is 14.7. The Bertz CT molecular complexity index is 657. The van der Waals surface area contributed by atoms with Crippen LogP contribution < -0.4 is 0 Å². The maximum Gasteiger partial charge on any atom is 0.192 e. The van der Waals surface area contributed by atoms with Gasteiger partial charge in [0.25, 0.3) is 0 Å². The summed E-state index contributed by atoms with van der Waals surface area (Å²) in [7, 11) is -1.81. The quantitative estimate of drug-likeness (QED) is 0.471. The monoisotopic (exact) mass is 342 g/mol. The van der Waals surface area contributed by atoms with Crippen molar-refractivity contribution in [2.45, 2.75) is 51.4 Å². The first-order valence-corrected chi connectivity index (χ1v) is 11.8. The summed E-state index contributed by atoms with van der Waals surface area (Å²) in [6, 6.07) is 14.4. The molecule has 1 aromatic heterocycles. The second-order valence-electron chi connectivity index (χ2n) is 7.25. The topological polar surface area (TPSA) is 9.23 Å². The van der Waals surface area contributed by atoms with Crippen molar-refractivity contribution in [3.8, 4) is 11.8 Å². The zero-order chi connectivity index (χ0) is 16.9. The highest BCUT2D eigenvalue weighted by atomic mass is 32.1. The van der Waals surface area contributed by atoms with Crippen LogP contribution in [0, 0.1) is 11.8 Å². The third kappa shape index (κ3) is 5.07. The van der Waals surface area contributed by atoms with Gasteiger partial charge in [-0.2, -0.15) is 0 Å². The van der Waals surface area contributed by atoms with Crippen LogP contribution in [0.2, 0.25) is 18.1 Å². The van der Waals surface area contributed by atoms with E-state index in [0.717, 1.165) is 12.0 Å². The highest BCUT2D eigenvalue weighted by Crippen LogP contribution is 2.41. The van der Waals surface area contributed by atoms with Gasteiger partial charge in [-0.25, -0.2) is 0 Å². The number of hydrogen-bond acceptors (Lipinski definition) is 2. The molecule has 2 aromatic rings. The lowest BCUT2D eigenvalue weighted by molar-refractivity contribution is 0.192. The van der Waals surface area contributed by atoms with E-state index in [0.29, 0.717) is 0 Å². The van der Waals surface area contributed by atoms with Crippen LogP contribution in [-0.2, 0) is 4.43 Å². The van der Waals surface area contributed by atoms with Crippen LogP contribution >= 0.6 is 11.3 Å². The van der Waals surface area contributed by atoms with Gasteiger partial charge in [-0.15, -0.1) is 11.3 Å². The molecule has 0 aliphatic carbocycles. The molecule has 0 aliphatic rings. The summed E-state index contributed by atoms with van der Waals surface area (Å²) in [6.07, 6.45) is 0.814. The van der Waals surface area contributed by atoms with Crippen LogP contribution in [0.1, 0.15) is 43.7 Å². The summed E-state index contributed by atoms with van der Waals surface area (Å²) in [5.74, 6) is 6.57. The van der Waals surface area contributed by atoms with E-state index in [1.54, 1.807) is 11.3 Å². The fraction of sp³-hybridized carbons (Fsp3) is 0.400. The average molecular weight is 343 g/mol. The fourth-order valence-electron chi connectivity index (χ4n) is 1.97. The molecule has 0 bridgehead atoms. The summed E-state index contributed by atoms with van der Waals surface area (Å²) in [4.78, 5) is 1.28. The highest BCUT2D eigenvalue weighted by molar-refractivity contribution is 7.10. The summed E-state index contributed by atoms with van der Waals surface area (Å²) >= 11 is 1.76. The van der Waals surface area contributed by atoms with Crippen molar-refractivity contribution in [3.05, 3.63) is 58.3 Å². The minimum absolute atomic E-state index is 0.0760. The lowest BCUT2D eigenvalue weighted by atomic mass is 10.2. The number of benzene rings is 1. The molecule has 122 valence electrons. The predicted octanol–water partition coefficient (Wildman–Crippen LogP) is 6.25. The first-order chi connectivity index (χ1) is 10.8. The maximum absolute atomic E-state index is 6.63. The Hall–Kier alpha value is -1.34. The van der Waals surface area contributed by atoms with Gasteiger partial charge in [-0.05, 0) is 41.7 Å². The van der Waals surface area contributed by atoms with Crippen LogP contribution in [0.4, 0.5) is 0 Å². The molecule has 0 fully saturated rings. The fourth-order valence-corrected chi connectivity index (χ4v) is 4.09. The zero-order valence-corrected chi connectivity index (χ0v) is 16.5. The van der Waals surface area contributed by atoms with Crippen LogP contribution in [0.5, 0.6) is 0 Å². The molecule has 0 N–H and O–H groups in total. The van der Waals surface area contributed by atoms with Crippen LogP contribution in [0.15, 0.2) is 47.8 Å². The van der Waals surface area contributed by atoms with Crippen LogP contribution in [0.3, 0.4) is 0 Å². The molecule has 0 saturated carbocycles. The Morgan fingerprint density at radius 1 is 1.09 bits per heavy atom. The number of rotatable bonds is 4. The van der Waals surface area contributed by atoms with Gasteiger partial charge >= 0.3 is 0 Å². The SMILES string of the molecule is CC(C)(C)[Si](C)(C)OC(CC#Cc1ccccc1)c1cccs1. The lowest BCUT2D eigenvalue weighted by Crippen LogP contribution is -2.41. The third-order valence-electron chi connectivity index (χ3n) is 4.40. The Labute approximate surface area is 145 Å². The van der Waals surface area contributed by atoms with Gasteiger partial charge in [0.15, 0.2) is 8.32 Å². The number of hydrogen-bond donors (Lipinski definition) is 0. The first kappa shape index (κ1) is 18.0. The van der Waals surface area contributed by atoms with Gasteiger partial charge in [0.05, 0.1) is 6.10 Å². The molecule has 1 heterocycles. The molecule has 0 aliphatic heterocycles. The lowest BCUT2D eigenvalue weighted by Gasteiger charge is -2.38. The van der Waals surface area contributed by atoms with Crippen molar-refractivity contribution in [1.29, 1.82) is 0 Å². The van der Waals surface area contributed by atoms with E-state index < -0.39 is 8.32 Å². The summed E-state index contributed by atoms with van der Waals surface area (Å²) in [5, 5.41) is 2.32. The Morgan fingerprint density at radius 2 is 1.78 bits per heavy atom. The van der Waals surface area contributed by atoms with Gasteiger partial charge in [0.2, 0.25) is 0 Å². The summed E-state index contributed by atoms with van der Waals surface area (Å²) < 4.78 is 6.63. The smallest absolute Gasteiger partial charge is 0.192 e. The van der Waals surface area contributed by atoms with E-state index in [-0.39, 0.29) is 11.1 Å². The highest BCUT2D eigenvalue weighted by Gasteiger charge is 2.39. The second-order valence-corrected chi connectivity index (χ2v) is 13.0. The standard InChI is InChI=1S/C20H26OSSi/c1-20(2,3)23(4,5)21-18(19-15-10-16-22-19)14-9-13-17-11-7-6-8-12-17/h6-8,10-12,15-16,18H,14H2,1-5H3. The van der Waals surface area contributed by atoms with Crippen molar-refractivity contribution < 1.29 is 4.43 Å². The molecule has 1 unspecified atom stereocenters. The van der Waals surface area contributed by atoms with Crippen LogP contribution in [0.25, 0.3) is 0 Å². The van der Waals surface area contributed by atoms with Gasteiger partial charge in [-0.3, -0.25) is 0 Å². The maximum atomic E-state index is 6.63. The molecule has 1 nitrogen and oxygen atoms in total. The molecule has 0 amide bonds. The van der Waals surface area contributed by atoms with Crippen molar-refractivity contribution >= 4 is 19.7 Å². The van der Waals surface area contributed by atoms with Gasteiger partial charge in [-0.1, -0.05) is 56.9 Å². The van der Waals surface area contributed by atoms with Gasteiger partial charge < -0.3 is 4.43 Å². The number of thiophene rings is 1. The van der Waals surface area contributed by atoms with Crippen LogP contribution in [-0.4, -0.2) is 8.32 Å². The van der Waals surface area contributed by atoms with E-state index in [2.05, 4.69) is 63.2 Å². The Morgan fingerprint density at radius 3 is 2.35 bits per heavy atom. The van der Waals surface area contributed by atoms with Crippen molar-refractivity contribution in [1.82, 2.24) is 0 Å². The molecule has 0 radical (unpaired) electrons. The average Bonchev–Trinajstić information content (AvgIpc) is 3.00. The Balaban J connectivity index is 2.15. The normalized spacial score (nSPS) is 13.3. The molecule has 1 aromatic carbocycles. The third-order valence-corrected chi connectivity index (χ3v) is 9.85. The molecule has 3 heteroatoms. The van der Waals surface area contributed by atoms with Crippen molar-refractivity contribution in [2.24, 2.45) is 0 Å². The molecular weight excluding hydrogens is 316 g/mol. The molecular formula is C20H26OSSi. The van der Waals surface area contributed by atoms with E-state index in [4.69, 9.17) is 4.43 Å².